The zero-order chi connectivity index (χ0) is 15.4. The second-order valence-electron chi connectivity index (χ2n) is 5.68. The highest BCUT2D eigenvalue weighted by atomic mass is 16.5. The lowest BCUT2D eigenvalue weighted by molar-refractivity contribution is -0.118. The maximum atomic E-state index is 11.1. The molecule has 1 aromatic rings. The number of anilines is 1. The first-order chi connectivity index (χ1) is 10.0. The van der Waals surface area contributed by atoms with Crippen molar-refractivity contribution in [1.82, 2.24) is 9.97 Å². The number of hydrogen-bond acceptors (Lipinski definition) is 5. The Labute approximate surface area is 125 Å². The molecule has 0 aromatic carbocycles. The van der Waals surface area contributed by atoms with E-state index in [-0.39, 0.29) is 5.91 Å². The molecule has 0 radical (unpaired) electrons. The molecule has 1 atom stereocenters. The number of primary amides is 1. The van der Waals surface area contributed by atoms with Crippen LogP contribution in [0.2, 0.25) is 0 Å². The minimum atomic E-state index is -0.204. The van der Waals surface area contributed by atoms with E-state index in [1.807, 2.05) is 13.8 Å². The van der Waals surface area contributed by atoms with Gasteiger partial charge in [0.2, 0.25) is 11.8 Å². The van der Waals surface area contributed by atoms with Crippen LogP contribution in [0, 0.1) is 19.8 Å². The summed E-state index contributed by atoms with van der Waals surface area (Å²) in [4.78, 5) is 22.2. The van der Waals surface area contributed by atoms with Gasteiger partial charge in [-0.2, -0.15) is 4.98 Å². The smallest absolute Gasteiger partial charge is 0.221 e. The third-order valence-electron chi connectivity index (χ3n) is 4.02. The average Bonchev–Trinajstić information content (AvgIpc) is 2.66. The highest BCUT2D eigenvalue weighted by molar-refractivity contribution is 5.74. The normalized spacial score (nSPS) is 19.2. The van der Waals surface area contributed by atoms with Crippen molar-refractivity contribution in [2.24, 2.45) is 11.7 Å². The lowest BCUT2D eigenvalue weighted by Crippen LogP contribution is -2.27. The molecule has 116 valence electrons. The Balaban J connectivity index is 2.15. The fourth-order valence-electron chi connectivity index (χ4n) is 2.96. The Morgan fingerprint density at radius 1 is 1.33 bits per heavy atom. The van der Waals surface area contributed by atoms with Crippen molar-refractivity contribution in [3.8, 4) is 5.88 Å². The standard InChI is InChI=1S/C15H24N4O2/c1-10-14(17-11(2)18-15(10)21-3)19-7-4-5-12(6-8-19)9-13(16)20/h12H,4-9H2,1-3H3,(H2,16,20). The molecule has 1 aliphatic rings. The van der Waals surface area contributed by atoms with E-state index in [1.54, 1.807) is 7.11 Å². The monoisotopic (exact) mass is 292 g/mol. The SMILES string of the molecule is COc1nc(C)nc(N2CCCC(CC(N)=O)CC2)c1C. The van der Waals surface area contributed by atoms with Gasteiger partial charge in [0.1, 0.15) is 11.6 Å². The van der Waals surface area contributed by atoms with Crippen molar-refractivity contribution in [2.45, 2.75) is 39.5 Å². The summed E-state index contributed by atoms with van der Waals surface area (Å²) in [5, 5.41) is 0. The highest BCUT2D eigenvalue weighted by Crippen LogP contribution is 2.28. The molecule has 21 heavy (non-hydrogen) atoms. The number of carbonyl (C=O) groups excluding carboxylic acids is 1. The molecule has 6 heteroatoms. The molecule has 0 aliphatic carbocycles. The molecular formula is C15H24N4O2. The molecule has 1 aromatic heterocycles. The summed E-state index contributed by atoms with van der Waals surface area (Å²) < 4.78 is 5.32. The van der Waals surface area contributed by atoms with Gasteiger partial charge in [-0.1, -0.05) is 0 Å². The second kappa shape index (κ2) is 6.74. The van der Waals surface area contributed by atoms with Crippen molar-refractivity contribution in [2.75, 3.05) is 25.1 Å². The van der Waals surface area contributed by atoms with Crippen LogP contribution in [0.1, 0.15) is 37.1 Å². The zero-order valence-electron chi connectivity index (χ0n) is 13.1. The number of rotatable bonds is 4. The third kappa shape index (κ3) is 3.83. The molecule has 1 aliphatic heterocycles. The summed E-state index contributed by atoms with van der Waals surface area (Å²) >= 11 is 0. The molecule has 0 spiro atoms. The Kier molecular flexibility index (Phi) is 4.98. The molecule has 1 fully saturated rings. The van der Waals surface area contributed by atoms with Crippen LogP contribution in [0.25, 0.3) is 0 Å². The van der Waals surface area contributed by atoms with Crippen LogP contribution in [0.3, 0.4) is 0 Å². The number of ether oxygens (including phenoxy) is 1. The van der Waals surface area contributed by atoms with Gasteiger partial charge >= 0.3 is 0 Å². The molecule has 2 rings (SSSR count). The van der Waals surface area contributed by atoms with E-state index in [2.05, 4.69) is 14.9 Å². The molecule has 1 unspecified atom stereocenters. The second-order valence-corrected chi connectivity index (χ2v) is 5.68. The molecule has 1 amide bonds. The van der Waals surface area contributed by atoms with E-state index < -0.39 is 0 Å². The van der Waals surface area contributed by atoms with Crippen LogP contribution in [0.5, 0.6) is 5.88 Å². The van der Waals surface area contributed by atoms with Crippen LogP contribution in [-0.4, -0.2) is 36.1 Å². The lowest BCUT2D eigenvalue weighted by atomic mass is 9.97. The van der Waals surface area contributed by atoms with E-state index >= 15 is 0 Å². The predicted molar refractivity (Wildman–Crippen MR) is 81.4 cm³/mol. The van der Waals surface area contributed by atoms with Gasteiger partial charge in [-0.15, -0.1) is 0 Å². The summed E-state index contributed by atoms with van der Waals surface area (Å²) in [5.74, 6) is 2.47. The van der Waals surface area contributed by atoms with Crippen molar-refractivity contribution in [1.29, 1.82) is 0 Å². The Morgan fingerprint density at radius 2 is 2.10 bits per heavy atom. The number of carbonyl (C=O) groups is 1. The number of hydrogen-bond donors (Lipinski definition) is 1. The van der Waals surface area contributed by atoms with Gasteiger partial charge in [-0.25, -0.2) is 4.98 Å². The Bertz CT molecular complexity index is 519. The molecular weight excluding hydrogens is 268 g/mol. The summed E-state index contributed by atoms with van der Waals surface area (Å²) in [6, 6.07) is 0. The van der Waals surface area contributed by atoms with Crippen molar-refractivity contribution in [3.63, 3.8) is 0 Å². The number of amides is 1. The van der Waals surface area contributed by atoms with Crippen LogP contribution in [-0.2, 0) is 4.79 Å². The molecule has 0 saturated carbocycles. The third-order valence-corrected chi connectivity index (χ3v) is 4.02. The quantitative estimate of drug-likeness (QED) is 0.911. The zero-order valence-corrected chi connectivity index (χ0v) is 13.1. The number of nitrogens with zero attached hydrogens (tertiary/aromatic N) is 3. The van der Waals surface area contributed by atoms with E-state index in [0.717, 1.165) is 43.7 Å². The number of aromatic nitrogens is 2. The minimum absolute atomic E-state index is 0.204. The van der Waals surface area contributed by atoms with Gasteiger partial charge in [0.15, 0.2) is 0 Å². The molecule has 2 N–H and O–H groups in total. The van der Waals surface area contributed by atoms with Gasteiger partial charge in [0, 0.05) is 19.5 Å². The fraction of sp³-hybridized carbons (Fsp3) is 0.667. The summed E-state index contributed by atoms with van der Waals surface area (Å²) in [6.45, 7) is 5.69. The largest absolute Gasteiger partial charge is 0.481 e. The predicted octanol–water partition coefficient (Wildman–Crippen LogP) is 1.58. The van der Waals surface area contributed by atoms with Gasteiger partial charge in [0.05, 0.1) is 12.7 Å². The summed E-state index contributed by atoms with van der Waals surface area (Å²) in [7, 11) is 1.63. The minimum Gasteiger partial charge on any atom is -0.481 e. The topological polar surface area (TPSA) is 81.3 Å². The van der Waals surface area contributed by atoms with E-state index in [0.29, 0.717) is 24.0 Å². The molecule has 1 saturated heterocycles. The van der Waals surface area contributed by atoms with Crippen molar-refractivity contribution in [3.05, 3.63) is 11.4 Å². The Hall–Kier alpha value is -1.85. The van der Waals surface area contributed by atoms with E-state index in [4.69, 9.17) is 10.5 Å². The van der Waals surface area contributed by atoms with E-state index in [9.17, 15) is 4.79 Å². The summed E-state index contributed by atoms with van der Waals surface area (Å²) in [5.41, 5.74) is 6.28. The lowest BCUT2D eigenvalue weighted by Gasteiger charge is -2.24. The van der Waals surface area contributed by atoms with Crippen LogP contribution >= 0.6 is 0 Å². The van der Waals surface area contributed by atoms with Crippen LogP contribution in [0.4, 0.5) is 5.82 Å². The van der Waals surface area contributed by atoms with Crippen molar-refractivity contribution < 1.29 is 9.53 Å². The Morgan fingerprint density at radius 3 is 2.76 bits per heavy atom. The van der Waals surface area contributed by atoms with E-state index in [1.165, 1.54) is 0 Å². The first kappa shape index (κ1) is 15.5. The van der Waals surface area contributed by atoms with Gasteiger partial charge in [-0.05, 0) is 39.0 Å². The average molecular weight is 292 g/mol. The fourth-order valence-corrected chi connectivity index (χ4v) is 2.96. The molecule has 2 heterocycles. The van der Waals surface area contributed by atoms with Crippen molar-refractivity contribution >= 4 is 11.7 Å². The highest BCUT2D eigenvalue weighted by Gasteiger charge is 2.22. The first-order valence-corrected chi connectivity index (χ1v) is 7.43. The van der Waals surface area contributed by atoms with Crippen LogP contribution < -0.4 is 15.4 Å². The maximum absolute atomic E-state index is 11.1. The van der Waals surface area contributed by atoms with Gasteiger partial charge < -0.3 is 15.4 Å². The number of aryl methyl sites for hydroxylation is 1. The van der Waals surface area contributed by atoms with Gasteiger partial charge in [-0.3, -0.25) is 4.79 Å². The summed E-state index contributed by atoms with van der Waals surface area (Å²) in [6.07, 6.45) is 3.54. The molecule has 0 bridgehead atoms. The van der Waals surface area contributed by atoms with Crippen LogP contribution in [0.15, 0.2) is 0 Å². The molecule has 6 nitrogen and oxygen atoms in total. The van der Waals surface area contributed by atoms with Gasteiger partial charge in [0.25, 0.3) is 0 Å². The number of nitrogens with two attached hydrogens (primary N) is 1. The first-order valence-electron chi connectivity index (χ1n) is 7.43. The number of methoxy groups -OCH3 is 1. The maximum Gasteiger partial charge on any atom is 0.221 e.